The van der Waals surface area contributed by atoms with Crippen LogP contribution in [0.2, 0.25) is 0 Å². The molecule has 4 aromatic carbocycles. The number of carbonyl (C=O) groups is 6. The number of rotatable bonds is 13. The summed E-state index contributed by atoms with van der Waals surface area (Å²) in [6, 6.07) is 0. The second-order valence-corrected chi connectivity index (χ2v) is 21.8. The fourth-order valence-electron chi connectivity index (χ4n) is 11.1. The van der Waals surface area contributed by atoms with Crippen LogP contribution in [0, 0.1) is 0 Å². The minimum atomic E-state index is -4.67. The summed E-state index contributed by atoms with van der Waals surface area (Å²) >= 11 is 0. The summed E-state index contributed by atoms with van der Waals surface area (Å²) in [5.74, 6) is -72.1. The number of aromatic hydroxyl groups is 16. The molecule has 0 aliphatic carbocycles. The summed E-state index contributed by atoms with van der Waals surface area (Å²) < 4.78 is 14.8. The van der Waals surface area contributed by atoms with Gasteiger partial charge in [-0.2, -0.15) is 10.2 Å². The van der Waals surface area contributed by atoms with Crippen molar-refractivity contribution in [3.05, 3.63) is 33.9 Å². The summed E-state index contributed by atoms with van der Waals surface area (Å²) in [5, 5.41) is 326. The van der Waals surface area contributed by atoms with Gasteiger partial charge in [-0.1, -0.05) is 0 Å². The lowest BCUT2D eigenvalue weighted by molar-refractivity contribution is -0.440. The van der Waals surface area contributed by atoms with Gasteiger partial charge in [-0.25, -0.2) is 19.2 Å². The highest BCUT2D eigenvalue weighted by molar-refractivity contribution is 6.15. The maximum Gasteiger partial charge on any atom is 0.306 e. The van der Waals surface area contributed by atoms with E-state index in [1.54, 1.807) is 0 Å². The van der Waals surface area contributed by atoms with Crippen LogP contribution in [0.25, 0.3) is 11.4 Å². The zero-order chi connectivity index (χ0) is 73.5. The van der Waals surface area contributed by atoms with Crippen LogP contribution in [-0.4, -0.2) is 271 Å². The van der Waals surface area contributed by atoms with Gasteiger partial charge in [0.05, 0.1) is 39.5 Å². The molecule has 2 fully saturated rings. The zero-order valence-corrected chi connectivity index (χ0v) is 48.1. The minimum absolute atomic E-state index is 0.0890. The molecule has 2 aromatic heterocycles. The van der Waals surface area contributed by atoms with E-state index in [1.165, 1.54) is 0 Å². The number of β-amino-alcohol motifs (C(OH)–C–C–N with tert-alkyl or cyclic N) is 3. The minimum Gasteiger partial charge on any atom is -0.503 e. The fraction of sp³-hybridized carbons (Fsp3) is 0.280. The van der Waals surface area contributed by atoms with Gasteiger partial charge in [0, 0.05) is 11.1 Å². The number of piperidine rings is 2. The molecule has 6 amide bonds. The van der Waals surface area contributed by atoms with Gasteiger partial charge in [-0.3, -0.25) is 38.6 Å². The molecular weight excluding hydrogens is 1350 g/mol. The van der Waals surface area contributed by atoms with Crippen LogP contribution in [0.15, 0.2) is 0 Å². The number of benzene rings is 4. The molecule has 98 heavy (non-hydrogen) atoms. The van der Waals surface area contributed by atoms with Crippen molar-refractivity contribution in [1.82, 2.24) is 19.6 Å². The molecule has 2 saturated heterocycles. The number of ether oxygens (including phenoxy) is 3. The number of nitrogens with two attached hydrogens (primary N) is 2. The Hall–Kier alpha value is -12.0. The van der Waals surface area contributed by atoms with Crippen LogP contribution in [0.4, 0.5) is 22.7 Å². The molecule has 10 rings (SSSR count). The third kappa shape index (κ3) is 9.17. The average molecular weight is 1400 g/mol. The lowest BCUT2D eigenvalue weighted by Gasteiger charge is -2.49. The zero-order valence-electron chi connectivity index (χ0n) is 48.1. The SMILES string of the molecule is COc1c(O)c(O)c(-n2nc(C(N)=O)c3c2C(=O)N(c2c(O)c(O)c(N4CC(O)(OCOc5c(O)c(O)c(-n6nc(C(N)=O)c7c6C(=O)N(c6c(O)c(O)c(N8CC(O)(O)C(O)(O)C(O)(O)C8=O)c(O)c6O)C(O)(O)C7)c(O)c5O)C(O)(O)CC4=O)c(O)c2O)C(O)(O)C3)c(O)c1O. The Kier molecular flexibility index (Phi) is 15.1. The van der Waals surface area contributed by atoms with E-state index in [0.717, 1.165) is 7.11 Å². The quantitative estimate of drug-likeness (QED) is 0.0290. The van der Waals surface area contributed by atoms with E-state index in [-0.39, 0.29) is 14.3 Å². The highest BCUT2D eigenvalue weighted by Crippen LogP contribution is 2.62. The molecule has 4 aliphatic rings. The number of amides is 6. The number of hydrogen-bond acceptors (Lipinski definition) is 40. The van der Waals surface area contributed by atoms with E-state index in [4.69, 9.17) is 25.7 Å². The first-order chi connectivity index (χ1) is 45.0. The van der Waals surface area contributed by atoms with Crippen LogP contribution in [-0.2, 0) is 27.2 Å². The normalized spacial score (nSPS) is 19.7. The van der Waals surface area contributed by atoms with Crippen molar-refractivity contribution in [2.24, 2.45) is 11.5 Å². The molecular formula is C50H48N10O38. The Morgan fingerprint density at radius 2 is 0.776 bits per heavy atom. The van der Waals surface area contributed by atoms with E-state index in [1.807, 2.05) is 0 Å². The average Bonchev–Trinajstić information content (AvgIpc) is 1.29. The Bertz CT molecular complexity index is 4470. The number of methoxy groups -OCH3 is 1. The van der Waals surface area contributed by atoms with Crippen LogP contribution >= 0.6 is 0 Å². The molecule has 526 valence electrons. The third-order valence-electron chi connectivity index (χ3n) is 15.9. The summed E-state index contributed by atoms with van der Waals surface area (Å²) in [6.45, 7) is -5.68. The molecule has 4 aliphatic heterocycles. The molecule has 6 heterocycles. The van der Waals surface area contributed by atoms with E-state index in [0.29, 0.717) is 0 Å². The van der Waals surface area contributed by atoms with Crippen molar-refractivity contribution in [2.45, 2.75) is 60.0 Å². The van der Waals surface area contributed by atoms with Gasteiger partial charge in [-0.05, 0) is 0 Å². The molecule has 1 atom stereocenters. The van der Waals surface area contributed by atoms with Gasteiger partial charge in [0.25, 0.3) is 47.1 Å². The van der Waals surface area contributed by atoms with Gasteiger partial charge < -0.3 is 174 Å². The number of aromatic nitrogens is 4. The number of fused-ring (bicyclic) bond motifs is 2. The first-order valence-electron chi connectivity index (χ1n) is 26.3. The van der Waals surface area contributed by atoms with E-state index in [2.05, 4.69) is 10.2 Å². The topological polar surface area (TPSA) is 817 Å². The lowest BCUT2D eigenvalue weighted by atomic mass is 9.89. The van der Waals surface area contributed by atoms with Gasteiger partial charge in [0.1, 0.15) is 34.1 Å². The van der Waals surface area contributed by atoms with Crippen LogP contribution in [0.1, 0.15) is 59.5 Å². The number of primary amides is 2. The number of nitrogens with zero attached hydrogens (tertiary/aromatic N) is 8. The van der Waals surface area contributed by atoms with Gasteiger partial charge in [0.2, 0.25) is 57.8 Å². The largest absolute Gasteiger partial charge is 0.503 e. The van der Waals surface area contributed by atoms with E-state index in [9.17, 15) is 177 Å². The smallest absolute Gasteiger partial charge is 0.306 e. The summed E-state index contributed by atoms with van der Waals surface area (Å²) in [6.07, 6.45) is -4.95. The number of aliphatic hydroxyl groups is 13. The Morgan fingerprint density at radius 3 is 1.13 bits per heavy atom. The first-order valence-corrected chi connectivity index (χ1v) is 26.3. The van der Waals surface area contributed by atoms with Crippen molar-refractivity contribution in [3.63, 3.8) is 0 Å². The van der Waals surface area contributed by atoms with Crippen molar-refractivity contribution >= 4 is 58.2 Å². The highest BCUT2D eigenvalue weighted by atomic mass is 16.8. The molecule has 0 saturated carbocycles. The number of hydrogen-bond donors (Lipinski definition) is 31. The monoisotopic (exact) mass is 1400 g/mol. The van der Waals surface area contributed by atoms with Crippen LogP contribution in [0.5, 0.6) is 103 Å². The van der Waals surface area contributed by atoms with Crippen LogP contribution < -0.4 is 40.5 Å². The number of phenols is 16. The molecule has 6 aromatic rings. The first kappa shape index (κ1) is 68.8. The van der Waals surface area contributed by atoms with E-state index >= 15 is 0 Å². The standard InChI is InChI=1S/C50H48N10O38/c1-96-37-33(74)29(70)19(30(71)34(37)75)59-13-8(11(53-59)39(51)78)2-47(88,89)57(41(13)80)17-25(66)21(62)15(22(63)26(17)67)55-6-46(87,44(83,84)4-10(55)61)98-7-97-38-35(76)31(72)20(32(73)36(38)77)60-14-9(12(54-60)40(52)79)3-48(90,91)58(42(14)81)18-27(68)23(64)16(24(65)28(18)69)56-5-45(85,86)50(94,95)49(92,93)43(56)82/h62-77,83-95H,2-7H2,1H3,(H2,51,78)(H2,52,79). The Balaban J connectivity index is 0.967. The fourth-order valence-corrected chi connectivity index (χ4v) is 11.1. The van der Waals surface area contributed by atoms with Crippen molar-refractivity contribution < 1.29 is 191 Å². The molecule has 1 unspecified atom stereocenters. The van der Waals surface area contributed by atoms with Crippen LogP contribution in [0.3, 0.4) is 0 Å². The highest BCUT2D eigenvalue weighted by Gasteiger charge is 2.71. The summed E-state index contributed by atoms with van der Waals surface area (Å²) in [7, 11) is 0.846. The molecule has 48 heteroatoms. The predicted octanol–water partition coefficient (Wildman–Crippen LogP) is -10.2. The second kappa shape index (κ2) is 21.5. The predicted molar refractivity (Wildman–Crippen MR) is 295 cm³/mol. The van der Waals surface area contributed by atoms with Gasteiger partial charge >= 0.3 is 5.79 Å². The third-order valence-corrected chi connectivity index (χ3v) is 15.9. The number of phenolic OH excluding ortho intramolecular Hbond substituents is 16. The lowest BCUT2D eigenvalue weighted by Crippen LogP contribution is -2.80. The maximum absolute atomic E-state index is 14.6. The Labute approximate surface area is 534 Å². The van der Waals surface area contributed by atoms with E-state index < -0.39 is 302 Å². The summed E-state index contributed by atoms with van der Waals surface area (Å²) in [4.78, 5) is 79.5. The van der Waals surface area contributed by atoms with Crippen molar-refractivity contribution in [2.75, 3.05) is 46.6 Å². The summed E-state index contributed by atoms with van der Waals surface area (Å²) in [5.41, 5.74) is -5.70. The van der Waals surface area contributed by atoms with Gasteiger partial charge in [0.15, 0.2) is 98.5 Å². The second-order valence-electron chi connectivity index (χ2n) is 21.8. The number of anilines is 4. The van der Waals surface area contributed by atoms with Crippen molar-refractivity contribution in [1.29, 1.82) is 0 Å². The molecule has 0 bridgehead atoms. The molecule has 33 N–H and O–H groups in total. The molecule has 0 spiro atoms. The number of carbonyl (C=O) groups excluding carboxylic acids is 6. The van der Waals surface area contributed by atoms with Gasteiger partial charge in [-0.15, -0.1) is 0 Å². The maximum atomic E-state index is 14.6. The Morgan fingerprint density at radius 1 is 0.439 bits per heavy atom. The molecule has 0 radical (unpaired) electrons. The molecule has 48 nitrogen and oxygen atoms in total. The van der Waals surface area contributed by atoms with Crippen molar-refractivity contribution in [3.8, 4) is 115 Å².